The van der Waals surface area contributed by atoms with E-state index < -0.39 is 6.04 Å². The fraction of sp³-hybridized carbons (Fsp3) is 0.358. The van der Waals surface area contributed by atoms with E-state index in [1.807, 2.05) is 79.7 Å². The number of aromatic nitrogens is 8. The van der Waals surface area contributed by atoms with Crippen LogP contribution in [0, 0.1) is 0 Å². The molecular formula is C67H76N14O5. The molecular weight excluding hydrogens is 1080 g/mol. The fourth-order valence-electron chi connectivity index (χ4n) is 11.6. The average Bonchev–Trinajstić information content (AvgIpc) is 2.44. The molecule has 4 aromatic heterocycles. The highest BCUT2D eigenvalue weighted by Crippen LogP contribution is 2.32. The van der Waals surface area contributed by atoms with Gasteiger partial charge in [-0.3, -0.25) is 14.4 Å². The lowest BCUT2D eigenvalue weighted by Crippen LogP contribution is -2.44. The van der Waals surface area contributed by atoms with Crippen LogP contribution in [0.1, 0.15) is 58.8 Å². The van der Waals surface area contributed by atoms with Crippen molar-refractivity contribution in [3.63, 3.8) is 0 Å². The lowest BCUT2D eigenvalue weighted by molar-refractivity contribution is -0.139. The van der Waals surface area contributed by atoms with E-state index in [-0.39, 0.29) is 30.4 Å². The molecule has 0 unspecified atom stereocenters. The zero-order chi connectivity index (χ0) is 59.1. The van der Waals surface area contributed by atoms with Gasteiger partial charge in [-0.1, -0.05) is 31.2 Å². The van der Waals surface area contributed by atoms with Crippen molar-refractivity contribution < 1.29 is 23.9 Å². The van der Waals surface area contributed by atoms with Crippen LogP contribution in [0.5, 0.6) is 11.5 Å². The van der Waals surface area contributed by atoms with Crippen LogP contribution in [-0.2, 0) is 14.4 Å². The standard InChI is InChI=1S/C67H76N14O5/c1-5-27-81(63(84)17-10-37-86-52-14-7-12-46(39-52)65-70-54-23-19-48(41-58(54)74-65)67-72-56-25-21-50(43-60(56)76-67)80-34-30-78(4)31-35-80)44(2)61(82)15-8-26-68-62(83)16-9-36-85-51-13-6-11-45(38-51)64-69-53-22-18-47(40-57(53)73-64)66-71-55-24-20-49(42-59(55)75-66)79-32-28-77(3)29-33-79/h6-7,11-14,18-25,38-44H,5,8-10,15-17,26-37H2,1-4H3,(H,68,83)(H,69,73)(H,70,74)(H,71,75)(H,72,76)/t44-/m1/s1. The topological polar surface area (TPSA) is 213 Å². The summed E-state index contributed by atoms with van der Waals surface area (Å²) in [5.74, 6) is 4.23. The van der Waals surface area contributed by atoms with Crippen molar-refractivity contribution in [3.8, 4) is 57.1 Å². The van der Waals surface area contributed by atoms with Gasteiger partial charge in [0.1, 0.15) is 34.8 Å². The summed E-state index contributed by atoms with van der Waals surface area (Å²) in [6, 6.07) is 40.1. The van der Waals surface area contributed by atoms with Gasteiger partial charge in [-0.05, 0) is 144 Å². The van der Waals surface area contributed by atoms with Gasteiger partial charge >= 0.3 is 0 Å². The number of anilines is 2. The lowest BCUT2D eigenvalue weighted by Gasteiger charge is -2.34. The minimum absolute atomic E-state index is 0.0263. The Morgan fingerprint density at radius 1 is 0.523 bits per heavy atom. The minimum Gasteiger partial charge on any atom is -0.494 e. The summed E-state index contributed by atoms with van der Waals surface area (Å²) < 4.78 is 12.2. The molecule has 0 radical (unpaired) electrons. The van der Waals surface area contributed by atoms with Crippen LogP contribution in [-0.4, -0.2) is 171 Å². The van der Waals surface area contributed by atoms with Crippen LogP contribution >= 0.6 is 0 Å². The maximum atomic E-state index is 13.5. The van der Waals surface area contributed by atoms with Crippen LogP contribution in [0.2, 0.25) is 0 Å². The van der Waals surface area contributed by atoms with Crippen LogP contribution in [0.15, 0.2) is 121 Å². The molecule has 6 heterocycles. The number of ketones is 1. The molecule has 444 valence electrons. The number of Topliss-reactive ketones (excluding diaryl/α,β-unsaturated/α-hetero) is 1. The molecule has 2 aliphatic rings. The molecule has 1 atom stereocenters. The Bertz CT molecular complexity index is 4020. The van der Waals surface area contributed by atoms with E-state index in [4.69, 9.17) is 29.4 Å². The molecule has 19 nitrogen and oxygen atoms in total. The number of fused-ring (bicyclic) bond motifs is 4. The Hall–Kier alpha value is -9.07. The first kappa shape index (κ1) is 57.4. The first-order valence-corrected chi connectivity index (χ1v) is 30.4. The highest BCUT2D eigenvalue weighted by atomic mass is 16.5. The van der Waals surface area contributed by atoms with Crippen LogP contribution in [0.4, 0.5) is 11.4 Å². The van der Waals surface area contributed by atoms with Gasteiger partial charge in [0.25, 0.3) is 0 Å². The largest absolute Gasteiger partial charge is 0.494 e. The maximum Gasteiger partial charge on any atom is 0.223 e. The second-order valence-corrected chi connectivity index (χ2v) is 22.9. The SMILES string of the molecule is CCCN(C(=O)CCCOc1cccc(-c2nc3ccc(-c4nc5ccc(N6CCN(C)CC6)cc5[nH]4)cc3[nH]2)c1)[C@H](C)C(=O)CCCNC(=O)CCCOc1cccc(-c2nc3ccc(-c4nc5ccc(N6CCN(C)CC6)cc5[nH]4)cc3[nH]2)c1. The number of nitrogens with zero attached hydrogens (tertiary/aromatic N) is 9. The number of hydrogen-bond acceptors (Lipinski definition) is 13. The molecule has 6 aromatic carbocycles. The number of nitrogens with one attached hydrogen (secondary N) is 5. The van der Waals surface area contributed by atoms with E-state index in [1.54, 1.807) is 11.8 Å². The van der Waals surface area contributed by atoms with E-state index in [0.29, 0.717) is 63.5 Å². The van der Waals surface area contributed by atoms with E-state index in [0.717, 1.165) is 148 Å². The number of ether oxygens (including phenoxy) is 2. The number of amides is 2. The molecule has 0 saturated carbocycles. The third-order valence-electron chi connectivity index (χ3n) is 16.7. The van der Waals surface area contributed by atoms with Crippen molar-refractivity contribution in [1.29, 1.82) is 0 Å². The molecule has 0 bridgehead atoms. The van der Waals surface area contributed by atoms with E-state index in [1.165, 1.54) is 11.4 Å². The number of carbonyl (C=O) groups is 3. The molecule has 19 heteroatoms. The maximum absolute atomic E-state index is 13.5. The van der Waals surface area contributed by atoms with E-state index in [9.17, 15) is 14.4 Å². The summed E-state index contributed by atoms with van der Waals surface area (Å²) >= 11 is 0. The minimum atomic E-state index is -0.569. The van der Waals surface area contributed by atoms with Crippen molar-refractivity contribution in [2.24, 2.45) is 0 Å². The van der Waals surface area contributed by atoms with Gasteiger partial charge in [0.2, 0.25) is 11.8 Å². The summed E-state index contributed by atoms with van der Waals surface area (Å²) in [5.41, 5.74) is 13.5. The highest BCUT2D eigenvalue weighted by Gasteiger charge is 2.25. The summed E-state index contributed by atoms with van der Waals surface area (Å²) in [7, 11) is 4.34. The summed E-state index contributed by atoms with van der Waals surface area (Å²) in [6.45, 7) is 13.6. The lowest BCUT2D eigenvalue weighted by atomic mass is 10.1. The number of aromatic amines is 4. The Kier molecular flexibility index (Phi) is 17.4. The number of piperazine rings is 2. The molecule has 12 rings (SSSR count). The van der Waals surface area contributed by atoms with Gasteiger partial charge in [-0.15, -0.1) is 0 Å². The average molecular weight is 1160 g/mol. The number of H-pyrrole nitrogens is 4. The number of likely N-dealkylation sites (N-methyl/N-ethyl adjacent to an activating group) is 2. The quantitative estimate of drug-likeness (QED) is 0.0357. The summed E-state index contributed by atoms with van der Waals surface area (Å²) in [6.07, 6.45) is 3.03. The Labute approximate surface area is 500 Å². The zero-order valence-corrected chi connectivity index (χ0v) is 49.6. The van der Waals surface area contributed by atoms with Gasteiger partial charge < -0.3 is 59.2 Å². The number of rotatable bonds is 24. The van der Waals surface area contributed by atoms with Crippen LogP contribution in [0.3, 0.4) is 0 Å². The first-order chi connectivity index (χ1) is 42.0. The Morgan fingerprint density at radius 3 is 1.42 bits per heavy atom. The van der Waals surface area contributed by atoms with Crippen molar-refractivity contribution >= 4 is 73.1 Å². The van der Waals surface area contributed by atoms with Gasteiger partial charge in [-0.2, -0.15) is 0 Å². The molecule has 86 heavy (non-hydrogen) atoms. The molecule has 2 amide bonds. The fourth-order valence-corrected chi connectivity index (χ4v) is 11.6. The predicted octanol–water partition coefficient (Wildman–Crippen LogP) is 10.5. The molecule has 0 spiro atoms. The third kappa shape index (κ3) is 13.4. The van der Waals surface area contributed by atoms with Crippen molar-refractivity contribution in [2.45, 2.75) is 64.8 Å². The Morgan fingerprint density at radius 2 is 0.953 bits per heavy atom. The molecule has 2 fully saturated rings. The van der Waals surface area contributed by atoms with E-state index >= 15 is 0 Å². The molecule has 2 saturated heterocycles. The van der Waals surface area contributed by atoms with Crippen molar-refractivity contribution in [3.05, 3.63) is 121 Å². The van der Waals surface area contributed by atoms with Crippen molar-refractivity contribution in [1.82, 2.24) is 59.9 Å². The number of carbonyl (C=O) groups excluding carboxylic acids is 3. The number of benzene rings is 6. The summed E-state index contributed by atoms with van der Waals surface area (Å²) in [5, 5.41) is 2.95. The molecule has 10 aromatic rings. The highest BCUT2D eigenvalue weighted by molar-refractivity contribution is 5.90. The molecule has 0 aliphatic carbocycles. The van der Waals surface area contributed by atoms with E-state index in [2.05, 4.69) is 107 Å². The smallest absolute Gasteiger partial charge is 0.223 e. The predicted molar refractivity (Wildman–Crippen MR) is 341 cm³/mol. The Balaban J connectivity index is 0.551. The summed E-state index contributed by atoms with van der Waals surface area (Å²) in [4.78, 5) is 84.6. The van der Waals surface area contributed by atoms with Gasteiger partial charge in [-0.25, -0.2) is 19.9 Å². The van der Waals surface area contributed by atoms with Crippen molar-refractivity contribution in [2.75, 3.05) is 103 Å². The van der Waals surface area contributed by atoms with Gasteiger partial charge in [0.05, 0.1) is 63.4 Å². The van der Waals surface area contributed by atoms with Gasteiger partial charge in [0.15, 0.2) is 5.78 Å². The first-order valence-electron chi connectivity index (χ1n) is 30.4. The monoisotopic (exact) mass is 1160 g/mol. The second kappa shape index (κ2) is 26.0. The second-order valence-electron chi connectivity index (χ2n) is 22.9. The normalized spacial score (nSPS) is 14.6. The number of imidazole rings is 4. The van der Waals surface area contributed by atoms with Crippen LogP contribution in [0.25, 0.3) is 89.7 Å². The molecule has 5 N–H and O–H groups in total. The number of hydrogen-bond donors (Lipinski definition) is 5. The third-order valence-corrected chi connectivity index (χ3v) is 16.7. The zero-order valence-electron chi connectivity index (χ0n) is 49.6. The van der Waals surface area contributed by atoms with Crippen LogP contribution < -0.4 is 24.6 Å². The molecule has 2 aliphatic heterocycles. The van der Waals surface area contributed by atoms with Gasteiger partial charge in [0, 0.05) is 118 Å².